The summed E-state index contributed by atoms with van der Waals surface area (Å²) >= 11 is 1.86. The number of ether oxygens (including phenoxy) is 1. The van der Waals surface area contributed by atoms with Gasteiger partial charge in [-0.05, 0) is 40.8 Å². The number of hydrogen-bond donors (Lipinski definition) is 1. The number of hydrogen-bond acceptors (Lipinski definition) is 3. The van der Waals surface area contributed by atoms with Crippen LogP contribution in [-0.4, -0.2) is 29.2 Å². The van der Waals surface area contributed by atoms with Gasteiger partial charge in [-0.1, -0.05) is 31.2 Å². The van der Waals surface area contributed by atoms with Crippen LogP contribution in [0.3, 0.4) is 0 Å². The number of carboxylic acids is 1. The van der Waals surface area contributed by atoms with Crippen molar-refractivity contribution in [1.82, 2.24) is 0 Å². The molecule has 0 aliphatic heterocycles. The molecule has 0 aliphatic rings. The lowest BCUT2D eigenvalue weighted by atomic mass is 10.1. The summed E-state index contributed by atoms with van der Waals surface area (Å²) in [4.78, 5) is 11.3. The Morgan fingerprint density at radius 2 is 1.95 bits per heavy atom. The highest BCUT2D eigenvalue weighted by atomic mass is 32.2. The number of rotatable bonds is 7. The first-order valence-electron chi connectivity index (χ1n) is 6.69. The van der Waals surface area contributed by atoms with E-state index >= 15 is 0 Å². The Balaban J connectivity index is 2.17. The van der Waals surface area contributed by atoms with E-state index in [1.54, 1.807) is 6.07 Å². The maximum atomic E-state index is 11.3. The van der Waals surface area contributed by atoms with Crippen LogP contribution in [-0.2, 0) is 0 Å². The third kappa shape index (κ3) is 3.67. The molecule has 0 amide bonds. The van der Waals surface area contributed by atoms with Gasteiger partial charge in [-0.25, -0.2) is 4.79 Å². The van der Waals surface area contributed by atoms with Gasteiger partial charge in [0.05, 0.1) is 6.61 Å². The molecular weight excluding hydrogens is 272 g/mol. The van der Waals surface area contributed by atoms with Crippen LogP contribution in [0, 0.1) is 0 Å². The van der Waals surface area contributed by atoms with Crippen molar-refractivity contribution in [2.75, 3.05) is 18.1 Å². The monoisotopic (exact) mass is 290 g/mol. The first-order valence-corrected chi connectivity index (χ1v) is 7.84. The minimum absolute atomic E-state index is 0.229. The summed E-state index contributed by atoms with van der Waals surface area (Å²) in [6.45, 7) is 2.67. The second-order valence-electron chi connectivity index (χ2n) is 4.40. The maximum absolute atomic E-state index is 11.3. The molecular formula is C16H18O3S. The van der Waals surface area contributed by atoms with Crippen LogP contribution in [0.1, 0.15) is 23.7 Å². The van der Waals surface area contributed by atoms with Gasteiger partial charge in [-0.15, -0.1) is 0 Å². The highest BCUT2D eigenvalue weighted by Gasteiger charge is 2.12. The molecule has 106 valence electrons. The Kier molecular flexibility index (Phi) is 5.30. The molecule has 2 aromatic carbocycles. The summed E-state index contributed by atoms with van der Waals surface area (Å²) in [7, 11) is 0. The molecule has 20 heavy (non-hydrogen) atoms. The molecule has 0 aliphatic carbocycles. The number of aromatic carboxylic acids is 1. The zero-order chi connectivity index (χ0) is 14.4. The van der Waals surface area contributed by atoms with E-state index < -0.39 is 5.97 Å². The van der Waals surface area contributed by atoms with Gasteiger partial charge in [0.2, 0.25) is 0 Å². The standard InChI is InChI=1S/C16H18O3S/c1-2-20-9-5-8-19-15-11-13-7-4-3-6-12(13)10-14(15)16(17)18/h3-4,6-7,10-11H,2,5,8-9H2,1H3,(H,17,18). The second kappa shape index (κ2) is 7.20. The van der Waals surface area contributed by atoms with E-state index in [0.717, 1.165) is 28.7 Å². The van der Waals surface area contributed by atoms with Gasteiger partial charge >= 0.3 is 5.97 Å². The Morgan fingerprint density at radius 1 is 1.25 bits per heavy atom. The van der Waals surface area contributed by atoms with Gasteiger partial charge in [0.1, 0.15) is 11.3 Å². The van der Waals surface area contributed by atoms with Gasteiger partial charge in [-0.2, -0.15) is 11.8 Å². The van der Waals surface area contributed by atoms with Crippen LogP contribution in [0.15, 0.2) is 36.4 Å². The van der Waals surface area contributed by atoms with Crippen LogP contribution in [0.2, 0.25) is 0 Å². The summed E-state index contributed by atoms with van der Waals surface area (Å²) in [5, 5.41) is 11.2. The largest absolute Gasteiger partial charge is 0.493 e. The Morgan fingerprint density at radius 3 is 2.60 bits per heavy atom. The first kappa shape index (κ1) is 14.7. The average Bonchev–Trinajstić information content (AvgIpc) is 2.46. The summed E-state index contributed by atoms with van der Waals surface area (Å²) < 4.78 is 5.66. The van der Waals surface area contributed by atoms with Crippen LogP contribution in [0.5, 0.6) is 5.75 Å². The highest BCUT2D eigenvalue weighted by Crippen LogP contribution is 2.26. The van der Waals surface area contributed by atoms with Crippen molar-refractivity contribution in [3.05, 3.63) is 42.0 Å². The first-order chi connectivity index (χ1) is 9.72. The third-order valence-corrected chi connectivity index (χ3v) is 3.96. The molecule has 2 aromatic rings. The molecule has 3 nitrogen and oxygen atoms in total. The van der Waals surface area contributed by atoms with Crippen LogP contribution >= 0.6 is 11.8 Å². The quantitative estimate of drug-likeness (QED) is 0.781. The van der Waals surface area contributed by atoms with Crippen molar-refractivity contribution < 1.29 is 14.6 Å². The molecule has 0 heterocycles. The zero-order valence-corrected chi connectivity index (χ0v) is 12.3. The Labute approximate surface area is 122 Å². The highest BCUT2D eigenvalue weighted by molar-refractivity contribution is 7.99. The predicted molar refractivity (Wildman–Crippen MR) is 84.0 cm³/mol. The van der Waals surface area contributed by atoms with Crippen LogP contribution < -0.4 is 4.74 Å². The number of carboxylic acid groups (broad SMARTS) is 1. The smallest absolute Gasteiger partial charge is 0.339 e. The van der Waals surface area contributed by atoms with E-state index in [-0.39, 0.29) is 5.56 Å². The van der Waals surface area contributed by atoms with E-state index in [2.05, 4.69) is 6.92 Å². The molecule has 0 fully saturated rings. The molecule has 2 rings (SSSR count). The van der Waals surface area contributed by atoms with Gasteiger partial charge < -0.3 is 9.84 Å². The predicted octanol–water partition coefficient (Wildman–Crippen LogP) is 4.06. The van der Waals surface area contributed by atoms with Crippen molar-refractivity contribution in [3.63, 3.8) is 0 Å². The lowest BCUT2D eigenvalue weighted by molar-refractivity contribution is 0.0692. The van der Waals surface area contributed by atoms with E-state index in [4.69, 9.17) is 4.74 Å². The zero-order valence-electron chi connectivity index (χ0n) is 11.5. The molecule has 1 N–H and O–H groups in total. The normalized spacial score (nSPS) is 10.7. The van der Waals surface area contributed by atoms with Gasteiger partial charge in [0, 0.05) is 0 Å². The minimum atomic E-state index is -0.950. The fraction of sp³-hybridized carbons (Fsp3) is 0.312. The minimum Gasteiger partial charge on any atom is -0.493 e. The van der Waals surface area contributed by atoms with Crippen LogP contribution in [0.25, 0.3) is 10.8 Å². The van der Waals surface area contributed by atoms with Gasteiger partial charge in [-0.3, -0.25) is 0 Å². The molecule has 0 bridgehead atoms. The van der Waals surface area contributed by atoms with Gasteiger partial charge in [0.25, 0.3) is 0 Å². The molecule has 0 saturated heterocycles. The Bertz CT molecular complexity index is 595. The number of thioether (sulfide) groups is 1. The SMILES string of the molecule is CCSCCCOc1cc2ccccc2cc1C(=O)O. The summed E-state index contributed by atoms with van der Waals surface area (Å²) in [6, 6.07) is 11.2. The van der Waals surface area contributed by atoms with Crippen molar-refractivity contribution in [1.29, 1.82) is 0 Å². The summed E-state index contributed by atoms with van der Waals surface area (Å²) in [5.74, 6) is 1.63. The summed E-state index contributed by atoms with van der Waals surface area (Å²) in [5.41, 5.74) is 0.229. The summed E-state index contributed by atoms with van der Waals surface area (Å²) in [6.07, 6.45) is 0.921. The Hall–Kier alpha value is -1.68. The van der Waals surface area contributed by atoms with Gasteiger partial charge in [0.15, 0.2) is 0 Å². The second-order valence-corrected chi connectivity index (χ2v) is 5.79. The lowest BCUT2D eigenvalue weighted by Gasteiger charge is -2.10. The maximum Gasteiger partial charge on any atom is 0.339 e. The fourth-order valence-electron chi connectivity index (χ4n) is 1.99. The number of fused-ring (bicyclic) bond motifs is 1. The van der Waals surface area contributed by atoms with E-state index in [9.17, 15) is 9.90 Å². The molecule has 0 unspecified atom stereocenters. The van der Waals surface area contributed by atoms with Crippen molar-refractivity contribution in [2.45, 2.75) is 13.3 Å². The van der Waals surface area contributed by atoms with E-state index in [1.807, 2.05) is 42.1 Å². The van der Waals surface area contributed by atoms with Crippen molar-refractivity contribution >= 4 is 28.5 Å². The van der Waals surface area contributed by atoms with E-state index in [0.29, 0.717) is 12.4 Å². The molecule has 0 radical (unpaired) electrons. The fourth-order valence-corrected chi connectivity index (χ4v) is 2.60. The molecule has 0 atom stereocenters. The van der Waals surface area contributed by atoms with Crippen molar-refractivity contribution in [2.24, 2.45) is 0 Å². The third-order valence-electron chi connectivity index (χ3n) is 2.97. The van der Waals surface area contributed by atoms with Crippen molar-refractivity contribution in [3.8, 4) is 5.75 Å². The molecule has 0 saturated carbocycles. The molecule has 4 heteroatoms. The molecule has 0 aromatic heterocycles. The van der Waals surface area contributed by atoms with E-state index in [1.165, 1.54) is 0 Å². The topological polar surface area (TPSA) is 46.5 Å². The van der Waals surface area contributed by atoms with Crippen LogP contribution in [0.4, 0.5) is 0 Å². The average molecular weight is 290 g/mol. The lowest BCUT2D eigenvalue weighted by Crippen LogP contribution is -2.05. The number of carbonyl (C=O) groups is 1. The number of benzene rings is 2. The molecule has 0 spiro atoms.